The number of oxazole rings is 1. The minimum atomic E-state index is -0.653. The first-order valence-electron chi connectivity index (χ1n) is 8.24. The molecule has 0 fully saturated rings. The molecule has 7 heteroatoms. The van der Waals surface area contributed by atoms with Crippen LogP contribution >= 0.6 is 0 Å². The van der Waals surface area contributed by atoms with Crippen molar-refractivity contribution in [3.8, 4) is 5.75 Å². The minimum absolute atomic E-state index is 0.0905. The summed E-state index contributed by atoms with van der Waals surface area (Å²) in [5.41, 5.74) is 0.575. The number of phenolic OH excluding ortho intramolecular Hbond substituents is 1. The van der Waals surface area contributed by atoms with E-state index in [0.29, 0.717) is 30.5 Å². The normalized spacial score (nSPS) is 12.3. The Morgan fingerprint density at radius 2 is 2.08 bits per heavy atom. The van der Waals surface area contributed by atoms with Crippen molar-refractivity contribution in [2.45, 2.75) is 46.2 Å². The van der Waals surface area contributed by atoms with Crippen molar-refractivity contribution >= 4 is 5.96 Å². The van der Waals surface area contributed by atoms with E-state index < -0.39 is 5.82 Å². The van der Waals surface area contributed by atoms with Crippen LogP contribution in [0.4, 0.5) is 4.39 Å². The van der Waals surface area contributed by atoms with Gasteiger partial charge in [0, 0.05) is 12.0 Å². The second kappa shape index (κ2) is 8.00. The number of nitrogens with one attached hydrogen (secondary N) is 2. The molecule has 0 amide bonds. The topological polar surface area (TPSA) is 82.7 Å². The number of hydrogen-bond donors (Lipinski definition) is 3. The van der Waals surface area contributed by atoms with Gasteiger partial charge in [-0.25, -0.2) is 14.4 Å². The number of hydrogen-bond acceptors (Lipinski definition) is 4. The molecule has 0 unspecified atom stereocenters. The predicted octanol–water partition coefficient (Wildman–Crippen LogP) is 3.07. The Balaban J connectivity index is 1.99. The maximum atomic E-state index is 13.4. The second-order valence-corrected chi connectivity index (χ2v) is 6.70. The molecule has 0 radical (unpaired) electrons. The molecule has 0 aliphatic heterocycles. The van der Waals surface area contributed by atoms with Crippen LogP contribution in [0, 0.1) is 5.82 Å². The fraction of sp³-hybridized carbons (Fsp3) is 0.444. The molecule has 1 aromatic carbocycles. The highest BCUT2D eigenvalue weighted by atomic mass is 19.1. The standard InChI is InChI=1S/C18H25FN4O2/c1-5-20-17(22-9-12-6-7-14(24)13(19)8-12)23-11-16-21-10-15(25-16)18(2,3)4/h6-8,10,24H,5,9,11H2,1-4H3,(H2,20,22,23). The van der Waals surface area contributed by atoms with Gasteiger partial charge in [-0.3, -0.25) is 0 Å². The Morgan fingerprint density at radius 1 is 1.32 bits per heavy atom. The van der Waals surface area contributed by atoms with Gasteiger partial charge in [0.15, 0.2) is 17.5 Å². The lowest BCUT2D eigenvalue weighted by Gasteiger charge is -2.13. The summed E-state index contributed by atoms with van der Waals surface area (Å²) in [4.78, 5) is 8.67. The average Bonchev–Trinajstić information content (AvgIpc) is 3.02. The Bertz CT molecular complexity index is 735. The van der Waals surface area contributed by atoms with Gasteiger partial charge in [-0.2, -0.15) is 0 Å². The molecule has 0 aliphatic rings. The summed E-state index contributed by atoms with van der Waals surface area (Å²) >= 11 is 0. The van der Waals surface area contributed by atoms with Crippen LogP contribution in [0.25, 0.3) is 0 Å². The highest BCUT2D eigenvalue weighted by Crippen LogP contribution is 2.22. The summed E-state index contributed by atoms with van der Waals surface area (Å²) in [6.45, 7) is 9.51. The van der Waals surface area contributed by atoms with E-state index >= 15 is 0 Å². The fourth-order valence-corrected chi connectivity index (χ4v) is 2.06. The molecule has 0 spiro atoms. The van der Waals surface area contributed by atoms with E-state index in [2.05, 4.69) is 41.4 Å². The van der Waals surface area contributed by atoms with E-state index in [9.17, 15) is 9.50 Å². The highest BCUT2D eigenvalue weighted by molar-refractivity contribution is 5.79. The molecule has 0 atom stereocenters. The molecular weight excluding hydrogens is 323 g/mol. The highest BCUT2D eigenvalue weighted by Gasteiger charge is 2.19. The molecular formula is C18H25FN4O2. The molecule has 0 aliphatic carbocycles. The maximum absolute atomic E-state index is 13.4. The third-order valence-electron chi connectivity index (χ3n) is 3.48. The van der Waals surface area contributed by atoms with Gasteiger partial charge >= 0.3 is 0 Å². The van der Waals surface area contributed by atoms with E-state index in [0.717, 1.165) is 5.76 Å². The van der Waals surface area contributed by atoms with E-state index in [-0.39, 0.29) is 17.7 Å². The van der Waals surface area contributed by atoms with Crippen molar-refractivity contribution in [1.29, 1.82) is 0 Å². The molecule has 136 valence electrons. The van der Waals surface area contributed by atoms with Gasteiger partial charge in [0.05, 0.1) is 19.3 Å². The number of guanidine groups is 1. The van der Waals surface area contributed by atoms with Gasteiger partial charge in [-0.05, 0) is 24.6 Å². The number of halogens is 1. The van der Waals surface area contributed by atoms with Gasteiger partial charge < -0.3 is 20.2 Å². The van der Waals surface area contributed by atoms with Crippen LogP contribution in [0.5, 0.6) is 5.75 Å². The smallest absolute Gasteiger partial charge is 0.213 e. The lowest BCUT2D eigenvalue weighted by molar-refractivity contribution is 0.379. The predicted molar refractivity (Wildman–Crippen MR) is 94.9 cm³/mol. The van der Waals surface area contributed by atoms with Gasteiger partial charge in [-0.1, -0.05) is 26.8 Å². The summed E-state index contributed by atoms with van der Waals surface area (Å²) in [6, 6.07) is 4.22. The molecule has 1 heterocycles. The Kier molecular flexibility index (Phi) is 6.01. The molecule has 0 saturated heterocycles. The number of phenols is 1. The summed E-state index contributed by atoms with van der Waals surface area (Å²) in [5.74, 6) is 0.958. The van der Waals surface area contributed by atoms with Crippen molar-refractivity contribution in [3.05, 3.63) is 47.4 Å². The lowest BCUT2D eigenvalue weighted by atomic mass is 9.94. The van der Waals surface area contributed by atoms with Crippen molar-refractivity contribution < 1.29 is 13.9 Å². The zero-order chi connectivity index (χ0) is 18.4. The monoisotopic (exact) mass is 348 g/mol. The number of aromatic hydroxyl groups is 1. The van der Waals surface area contributed by atoms with Crippen molar-refractivity contribution in [2.24, 2.45) is 4.99 Å². The van der Waals surface area contributed by atoms with Crippen LogP contribution in [0.15, 0.2) is 33.8 Å². The third kappa shape index (κ3) is 5.48. The molecule has 0 bridgehead atoms. The molecule has 2 rings (SSSR count). The fourth-order valence-electron chi connectivity index (χ4n) is 2.06. The maximum Gasteiger partial charge on any atom is 0.213 e. The molecule has 2 aromatic rings. The SMILES string of the molecule is CCNC(=NCc1ccc(O)c(F)c1)NCc1ncc(C(C)(C)C)o1. The zero-order valence-corrected chi connectivity index (χ0v) is 15.1. The Morgan fingerprint density at radius 3 is 2.68 bits per heavy atom. The lowest BCUT2D eigenvalue weighted by Crippen LogP contribution is -2.36. The van der Waals surface area contributed by atoms with Crippen molar-refractivity contribution in [2.75, 3.05) is 6.54 Å². The molecule has 6 nitrogen and oxygen atoms in total. The van der Waals surface area contributed by atoms with Crippen LogP contribution < -0.4 is 10.6 Å². The Hall–Kier alpha value is -2.57. The van der Waals surface area contributed by atoms with E-state index in [1.807, 2.05) is 6.92 Å². The van der Waals surface area contributed by atoms with Crippen LogP contribution in [-0.2, 0) is 18.5 Å². The summed E-state index contributed by atoms with van der Waals surface area (Å²) in [7, 11) is 0. The molecule has 3 N–H and O–H groups in total. The minimum Gasteiger partial charge on any atom is -0.505 e. The number of aromatic nitrogens is 1. The van der Waals surface area contributed by atoms with Crippen LogP contribution in [0.2, 0.25) is 0 Å². The first-order valence-corrected chi connectivity index (χ1v) is 8.24. The van der Waals surface area contributed by atoms with Gasteiger partial charge in [0.25, 0.3) is 0 Å². The molecule has 25 heavy (non-hydrogen) atoms. The van der Waals surface area contributed by atoms with Crippen molar-refractivity contribution in [3.63, 3.8) is 0 Å². The Labute approximate surface area is 147 Å². The first-order chi connectivity index (χ1) is 11.8. The summed E-state index contributed by atoms with van der Waals surface area (Å²) < 4.78 is 19.1. The zero-order valence-electron chi connectivity index (χ0n) is 15.1. The number of rotatable bonds is 5. The first kappa shape index (κ1) is 18.8. The number of aliphatic imine (C=N–C) groups is 1. The van der Waals surface area contributed by atoms with Gasteiger partial charge in [-0.15, -0.1) is 0 Å². The number of benzene rings is 1. The molecule has 1 aromatic heterocycles. The largest absolute Gasteiger partial charge is 0.505 e. The van der Waals surface area contributed by atoms with E-state index in [1.165, 1.54) is 12.1 Å². The second-order valence-electron chi connectivity index (χ2n) is 6.70. The average molecular weight is 348 g/mol. The quantitative estimate of drug-likeness (QED) is 0.571. The summed E-state index contributed by atoms with van der Waals surface area (Å²) in [6.07, 6.45) is 1.74. The van der Waals surface area contributed by atoms with Crippen LogP contribution in [0.3, 0.4) is 0 Å². The van der Waals surface area contributed by atoms with E-state index in [4.69, 9.17) is 4.42 Å². The van der Waals surface area contributed by atoms with Crippen LogP contribution in [0.1, 0.15) is 44.9 Å². The molecule has 0 saturated carbocycles. The van der Waals surface area contributed by atoms with Gasteiger partial charge in [0.2, 0.25) is 5.89 Å². The van der Waals surface area contributed by atoms with Crippen molar-refractivity contribution in [1.82, 2.24) is 15.6 Å². The van der Waals surface area contributed by atoms with Crippen LogP contribution in [-0.4, -0.2) is 22.6 Å². The third-order valence-corrected chi connectivity index (χ3v) is 3.48. The van der Waals surface area contributed by atoms with Gasteiger partial charge in [0.1, 0.15) is 5.76 Å². The van der Waals surface area contributed by atoms with E-state index in [1.54, 1.807) is 12.3 Å². The number of nitrogens with zero attached hydrogens (tertiary/aromatic N) is 2. The summed E-state index contributed by atoms with van der Waals surface area (Å²) in [5, 5.41) is 15.5.